The Bertz CT molecular complexity index is 490. The molecule has 3 nitrogen and oxygen atoms in total. The first-order chi connectivity index (χ1) is 8.76. The number of likely N-dealkylation sites (tertiary alicyclic amines) is 1. The molecule has 0 unspecified atom stereocenters. The average Bonchev–Trinajstić information content (AvgIpc) is 2.79. The van der Waals surface area contributed by atoms with E-state index >= 15 is 0 Å². The third kappa shape index (κ3) is 2.01. The van der Waals surface area contributed by atoms with Crippen molar-refractivity contribution in [3.8, 4) is 5.75 Å². The van der Waals surface area contributed by atoms with E-state index in [1.165, 1.54) is 5.57 Å². The molecule has 1 heterocycles. The maximum atomic E-state index is 12.0. The van der Waals surface area contributed by atoms with Crippen LogP contribution in [0.2, 0.25) is 0 Å². The van der Waals surface area contributed by atoms with E-state index in [1.54, 1.807) is 7.11 Å². The van der Waals surface area contributed by atoms with Crippen molar-refractivity contribution in [2.75, 3.05) is 7.11 Å². The molecule has 0 saturated heterocycles. The molecule has 0 radical (unpaired) electrons. The van der Waals surface area contributed by atoms with E-state index in [-0.39, 0.29) is 5.91 Å². The Kier molecular flexibility index (Phi) is 2.82. The molecule has 0 spiro atoms. The molecule has 18 heavy (non-hydrogen) atoms. The van der Waals surface area contributed by atoms with Gasteiger partial charge in [-0.15, -0.1) is 0 Å². The summed E-state index contributed by atoms with van der Waals surface area (Å²) in [7, 11) is 1.66. The molecule has 1 aromatic rings. The van der Waals surface area contributed by atoms with Crippen LogP contribution in [0.15, 0.2) is 35.9 Å². The van der Waals surface area contributed by atoms with Gasteiger partial charge in [0, 0.05) is 13.0 Å². The Morgan fingerprint density at radius 2 is 2.11 bits per heavy atom. The van der Waals surface area contributed by atoms with Gasteiger partial charge in [0.05, 0.1) is 13.2 Å². The van der Waals surface area contributed by atoms with Gasteiger partial charge in [0.15, 0.2) is 0 Å². The molecule has 1 aliphatic carbocycles. The molecule has 3 rings (SSSR count). The van der Waals surface area contributed by atoms with Crippen molar-refractivity contribution in [1.29, 1.82) is 0 Å². The summed E-state index contributed by atoms with van der Waals surface area (Å²) in [5.41, 5.74) is 2.49. The number of methoxy groups -OCH3 is 1. The molecule has 1 amide bonds. The van der Waals surface area contributed by atoms with Crippen LogP contribution in [-0.4, -0.2) is 24.0 Å². The smallest absolute Gasteiger partial charge is 0.227 e. The van der Waals surface area contributed by atoms with Gasteiger partial charge in [-0.1, -0.05) is 23.8 Å². The number of hydrogen-bond acceptors (Lipinski definition) is 2. The molecule has 1 aliphatic heterocycles. The zero-order valence-corrected chi connectivity index (χ0v) is 10.6. The van der Waals surface area contributed by atoms with Crippen molar-refractivity contribution in [3.63, 3.8) is 0 Å². The van der Waals surface area contributed by atoms with Crippen molar-refractivity contribution in [2.24, 2.45) is 0 Å². The monoisotopic (exact) mass is 243 g/mol. The predicted octanol–water partition coefficient (Wildman–Crippen LogP) is 2.52. The van der Waals surface area contributed by atoms with Crippen LogP contribution >= 0.6 is 0 Å². The third-order valence-corrected chi connectivity index (χ3v) is 3.80. The zero-order chi connectivity index (χ0) is 12.5. The minimum absolute atomic E-state index is 0.269. The van der Waals surface area contributed by atoms with Gasteiger partial charge in [0.1, 0.15) is 5.75 Å². The number of hydrogen-bond donors (Lipinski definition) is 0. The lowest BCUT2D eigenvalue weighted by molar-refractivity contribution is -0.132. The van der Waals surface area contributed by atoms with Crippen molar-refractivity contribution < 1.29 is 9.53 Å². The maximum Gasteiger partial charge on any atom is 0.227 e. The van der Waals surface area contributed by atoms with Crippen LogP contribution in [0.25, 0.3) is 0 Å². The lowest BCUT2D eigenvalue weighted by Crippen LogP contribution is -2.38. The van der Waals surface area contributed by atoms with Gasteiger partial charge >= 0.3 is 0 Å². The molecular formula is C15H17NO2. The van der Waals surface area contributed by atoms with E-state index in [0.717, 1.165) is 24.2 Å². The largest absolute Gasteiger partial charge is 0.497 e. The molecule has 0 aromatic heterocycles. The highest BCUT2D eigenvalue weighted by Crippen LogP contribution is 2.32. The zero-order valence-electron chi connectivity index (χ0n) is 10.6. The van der Waals surface area contributed by atoms with Gasteiger partial charge in [-0.2, -0.15) is 0 Å². The van der Waals surface area contributed by atoms with E-state index in [0.29, 0.717) is 19.0 Å². The van der Waals surface area contributed by atoms with E-state index in [4.69, 9.17) is 4.74 Å². The fourth-order valence-electron chi connectivity index (χ4n) is 2.78. The summed E-state index contributed by atoms with van der Waals surface area (Å²) in [6, 6.07) is 8.27. The Hall–Kier alpha value is -1.77. The first-order valence-corrected chi connectivity index (χ1v) is 6.38. The number of carbonyl (C=O) groups excluding carboxylic acids is 1. The second-order valence-electron chi connectivity index (χ2n) is 4.98. The fourth-order valence-corrected chi connectivity index (χ4v) is 2.78. The number of nitrogens with zero attached hydrogens (tertiary/aromatic N) is 1. The number of rotatable bonds is 3. The molecule has 2 aliphatic rings. The van der Waals surface area contributed by atoms with Gasteiger partial charge in [-0.05, 0) is 30.5 Å². The van der Waals surface area contributed by atoms with Crippen LogP contribution in [0.4, 0.5) is 0 Å². The van der Waals surface area contributed by atoms with E-state index in [1.807, 2.05) is 29.2 Å². The van der Waals surface area contributed by atoms with Crippen LogP contribution in [0, 0.1) is 0 Å². The Balaban J connectivity index is 1.75. The van der Waals surface area contributed by atoms with Gasteiger partial charge in [0.2, 0.25) is 5.91 Å². The summed E-state index contributed by atoms with van der Waals surface area (Å²) in [6.07, 6.45) is 5.07. The molecule has 1 atom stereocenters. The lowest BCUT2D eigenvalue weighted by Gasteiger charge is -2.29. The minimum atomic E-state index is 0.269. The predicted molar refractivity (Wildman–Crippen MR) is 69.3 cm³/mol. The Morgan fingerprint density at radius 1 is 1.33 bits per heavy atom. The summed E-state index contributed by atoms with van der Waals surface area (Å²) in [5.74, 6) is 1.12. The van der Waals surface area contributed by atoms with Gasteiger partial charge in [-0.3, -0.25) is 4.79 Å². The van der Waals surface area contributed by atoms with Crippen LogP contribution in [0.5, 0.6) is 5.75 Å². The van der Waals surface area contributed by atoms with E-state index < -0.39 is 0 Å². The van der Waals surface area contributed by atoms with Crippen LogP contribution in [0.3, 0.4) is 0 Å². The summed E-state index contributed by atoms with van der Waals surface area (Å²) in [5, 5.41) is 0. The molecule has 3 heteroatoms. The van der Waals surface area contributed by atoms with Crippen LogP contribution < -0.4 is 4.74 Å². The first kappa shape index (κ1) is 11.3. The molecule has 0 N–H and O–H groups in total. The minimum Gasteiger partial charge on any atom is -0.497 e. The summed E-state index contributed by atoms with van der Waals surface area (Å²) in [6.45, 7) is 0.706. The summed E-state index contributed by atoms with van der Waals surface area (Å²) < 4.78 is 5.14. The lowest BCUT2D eigenvalue weighted by atomic mass is 10.1. The average molecular weight is 243 g/mol. The fraction of sp³-hybridized carbons (Fsp3) is 0.400. The van der Waals surface area contributed by atoms with Crippen molar-refractivity contribution >= 4 is 5.91 Å². The quantitative estimate of drug-likeness (QED) is 0.763. The SMILES string of the molecule is COc1ccc(CN2C(=O)CC3=C[C@@H]2CC3)cc1. The molecule has 94 valence electrons. The number of amides is 1. The highest BCUT2D eigenvalue weighted by molar-refractivity contribution is 5.81. The number of fused-ring (bicyclic) bond motifs is 1. The maximum absolute atomic E-state index is 12.0. The highest BCUT2D eigenvalue weighted by atomic mass is 16.5. The van der Waals surface area contributed by atoms with Crippen molar-refractivity contribution in [3.05, 3.63) is 41.5 Å². The summed E-state index contributed by atoms with van der Waals surface area (Å²) >= 11 is 0. The van der Waals surface area contributed by atoms with Gasteiger partial charge < -0.3 is 9.64 Å². The second kappa shape index (κ2) is 4.48. The first-order valence-electron chi connectivity index (χ1n) is 6.38. The highest BCUT2D eigenvalue weighted by Gasteiger charge is 2.32. The van der Waals surface area contributed by atoms with Crippen LogP contribution in [0.1, 0.15) is 24.8 Å². The summed E-state index contributed by atoms with van der Waals surface area (Å²) in [4.78, 5) is 14.0. The topological polar surface area (TPSA) is 29.5 Å². The molecule has 0 saturated carbocycles. The van der Waals surface area contributed by atoms with Crippen molar-refractivity contribution in [2.45, 2.75) is 31.8 Å². The standard InChI is InChI=1S/C15H17NO2/c1-18-14-6-3-11(4-7-14)10-16-13-5-2-12(8-13)9-15(16)17/h3-4,6-8,13H,2,5,9-10H2,1H3/t13-/m0/s1. The Morgan fingerprint density at radius 3 is 2.83 bits per heavy atom. The van der Waals surface area contributed by atoms with Crippen LogP contribution in [-0.2, 0) is 11.3 Å². The molecule has 0 fully saturated rings. The second-order valence-corrected chi connectivity index (χ2v) is 4.98. The van der Waals surface area contributed by atoms with E-state index in [2.05, 4.69) is 6.08 Å². The van der Waals surface area contributed by atoms with E-state index in [9.17, 15) is 4.79 Å². The third-order valence-electron chi connectivity index (χ3n) is 3.80. The number of ether oxygens (including phenoxy) is 1. The number of carbonyl (C=O) groups is 1. The van der Waals surface area contributed by atoms with Gasteiger partial charge in [-0.25, -0.2) is 0 Å². The molecular weight excluding hydrogens is 226 g/mol. The van der Waals surface area contributed by atoms with Crippen molar-refractivity contribution in [1.82, 2.24) is 4.90 Å². The Labute approximate surface area is 107 Å². The molecule has 1 aromatic carbocycles. The molecule has 2 bridgehead atoms. The van der Waals surface area contributed by atoms with Gasteiger partial charge in [0.25, 0.3) is 0 Å². The normalized spacial score (nSPS) is 22.1. The number of benzene rings is 1.